The van der Waals surface area contributed by atoms with E-state index >= 15 is 0 Å². The number of ether oxygens (including phenoxy) is 1. The van der Waals surface area contributed by atoms with E-state index in [9.17, 15) is 18.8 Å². The van der Waals surface area contributed by atoms with Gasteiger partial charge in [0.25, 0.3) is 5.91 Å². The fourth-order valence-corrected chi connectivity index (χ4v) is 2.22. The van der Waals surface area contributed by atoms with Crippen LogP contribution < -0.4 is 10.6 Å². The van der Waals surface area contributed by atoms with Crippen LogP contribution in [-0.4, -0.2) is 40.3 Å². The normalized spacial score (nSPS) is 14.4. The average molecular weight is 360 g/mol. The van der Waals surface area contributed by atoms with Crippen molar-refractivity contribution in [3.63, 3.8) is 0 Å². The van der Waals surface area contributed by atoms with Gasteiger partial charge in [0.05, 0.1) is 11.9 Å². The van der Waals surface area contributed by atoms with Crippen LogP contribution in [0.25, 0.3) is 11.3 Å². The average Bonchev–Trinajstić information content (AvgIpc) is 3.27. The van der Waals surface area contributed by atoms with Gasteiger partial charge in [0.1, 0.15) is 11.4 Å². The summed E-state index contributed by atoms with van der Waals surface area (Å²) in [4.78, 5) is 35.8. The van der Waals surface area contributed by atoms with Gasteiger partial charge < -0.3 is 10.1 Å². The molecule has 1 aliphatic rings. The van der Waals surface area contributed by atoms with E-state index < -0.39 is 29.8 Å². The summed E-state index contributed by atoms with van der Waals surface area (Å²) in [6.07, 6.45) is 1.85. The van der Waals surface area contributed by atoms with E-state index in [4.69, 9.17) is 4.74 Å². The molecule has 0 bridgehead atoms. The number of H-pyrrole nitrogens is 1. The maximum Gasteiger partial charge on any atom is 0.342 e. The number of halogens is 1. The number of hydrogen-bond acceptors (Lipinski definition) is 5. The predicted octanol–water partition coefficient (Wildman–Crippen LogP) is 1.75. The zero-order valence-electron chi connectivity index (χ0n) is 13.9. The Kier molecular flexibility index (Phi) is 4.97. The minimum atomic E-state index is -1.18. The molecule has 3 rings (SSSR count). The number of amides is 3. The highest BCUT2D eigenvalue weighted by Gasteiger charge is 2.27. The molecule has 3 N–H and O–H groups in total. The molecule has 1 fully saturated rings. The number of nitrogens with one attached hydrogen (secondary N) is 3. The maximum absolute atomic E-state index is 13.0. The molecule has 1 aliphatic carbocycles. The zero-order valence-corrected chi connectivity index (χ0v) is 13.9. The Morgan fingerprint density at radius 3 is 2.62 bits per heavy atom. The summed E-state index contributed by atoms with van der Waals surface area (Å²) in [6.45, 7) is 1.36. The van der Waals surface area contributed by atoms with Gasteiger partial charge in [0.15, 0.2) is 6.10 Å². The van der Waals surface area contributed by atoms with Gasteiger partial charge in [-0.1, -0.05) is 0 Å². The van der Waals surface area contributed by atoms with Crippen molar-refractivity contribution >= 4 is 17.9 Å². The largest absolute Gasteiger partial charge is 0.449 e. The van der Waals surface area contributed by atoms with Crippen LogP contribution in [0, 0.1) is 5.82 Å². The summed E-state index contributed by atoms with van der Waals surface area (Å²) >= 11 is 0. The number of benzene rings is 1. The molecule has 1 aromatic heterocycles. The van der Waals surface area contributed by atoms with Crippen molar-refractivity contribution < 1.29 is 23.5 Å². The van der Waals surface area contributed by atoms with Gasteiger partial charge >= 0.3 is 12.0 Å². The Hall–Kier alpha value is -3.23. The maximum atomic E-state index is 13.0. The summed E-state index contributed by atoms with van der Waals surface area (Å²) < 4.78 is 18.1. The topological polar surface area (TPSA) is 113 Å². The van der Waals surface area contributed by atoms with Crippen molar-refractivity contribution in [3.05, 3.63) is 41.8 Å². The smallest absolute Gasteiger partial charge is 0.342 e. The monoisotopic (exact) mass is 360 g/mol. The minimum absolute atomic E-state index is 0.0960. The molecule has 2 aromatic rings. The van der Waals surface area contributed by atoms with Gasteiger partial charge in [-0.2, -0.15) is 5.10 Å². The lowest BCUT2D eigenvalue weighted by Crippen LogP contribution is -2.45. The summed E-state index contributed by atoms with van der Waals surface area (Å²) in [6, 6.07) is 4.95. The molecule has 0 aliphatic heterocycles. The highest BCUT2D eigenvalue weighted by atomic mass is 19.1. The Morgan fingerprint density at radius 2 is 1.96 bits per heavy atom. The molecule has 9 heteroatoms. The van der Waals surface area contributed by atoms with Gasteiger partial charge in [-0.05, 0) is 44.0 Å². The number of esters is 1. The zero-order chi connectivity index (χ0) is 18.7. The van der Waals surface area contributed by atoms with E-state index in [1.807, 2.05) is 0 Å². The summed E-state index contributed by atoms with van der Waals surface area (Å²) in [5, 5.41) is 11.2. The molecular weight excluding hydrogens is 343 g/mol. The molecule has 8 nitrogen and oxygen atoms in total. The van der Waals surface area contributed by atoms with Gasteiger partial charge in [-0.25, -0.2) is 14.0 Å². The highest BCUT2D eigenvalue weighted by molar-refractivity contribution is 6.00. The van der Waals surface area contributed by atoms with Crippen LogP contribution in [-0.2, 0) is 9.53 Å². The van der Waals surface area contributed by atoms with E-state index in [1.54, 1.807) is 0 Å². The van der Waals surface area contributed by atoms with Crippen molar-refractivity contribution in [2.45, 2.75) is 31.9 Å². The molecule has 1 aromatic carbocycles. The molecule has 0 unspecified atom stereocenters. The van der Waals surface area contributed by atoms with Gasteiger partial charge in [-0.3, -0.25) is 15.2 Å². The third-order valence-corrected chi connectivity index (χ3v) is 3.79. The second-order valence-corrected chi connectivity index (χ2v) is 5.95. The highest BCUT2D eigenvalue weighted by Crippen LogP contribution is 2.22. The first kappa shape index (κ1) is 17.6. The van der Waals surface area contributed by atoms with Crippen molar-refractivity contribution in [1.29, 1.82) is 0 Å². The van der Waals surface area contributed by atoms with Crippen LogP contribution in [0.4, 0.5) is 9.18 Å². The lowest BCUT2D eigenvalue weighted by Gasteiger charge is -2.13. The number of carbonyl (C=O) groups is 3. The number of aromatic amines is 1. The number of urea groups is 1. The molecule has 136 valence electrons. The van der Waals surface area contributed by atoms with Crippen LogP contribution >= 0.6 is 0 Å². The number of hydrogen-bond donors (Lipinski definition) is 3. The molecule has 3 amide bonds. The summed E-state index contributed by atoms with van der Waals surface area (Å²) in [5.74, 6) is -1.93. The fourth-order valence-electron chi connectivity index (χ4n) is 2.22. The molecular formula is C17H17FN4O4. The predicted molar refractivity (Wildman–Crippen MR) is 88.6 cm³/mol. The molecule has 1 heterocycles. The Balaban J connectivity index is 1.62. The second kappa shape index (κ2) is 7.34. The van der Waals surface area contributed by atoms with E-state index in [0.29, 0.717) is 11.3 Å². The summed E-state index contributed by atoms with van der Waals surface area (Å²) in [5.41, 5.74) is 0.976. The lowest BCUT2D eigenvalue weighted by atomic mass is 10.1. The Labute approximate surface area is 148 Å². The van der Waals surface area contributed by atoms with Gasteiger partial charge in [-0.15, -0.1) is 0 Å². The van der Waals surface area contributed by atoms with Crippen molar-refractivity contribution in [1.82, 2.24) is 20.8 Å². The van der Waals surface area contributed by atoms with Gasteiger partial charge in [0.2, 0.25) is 0 Å². The number of rotatable bonds is 5. The first-order chi connectivity index (χ1) is 12.4. The molecule has 26 heavy (non-hydrogen) atoms. The molecule has 0 radical (unpaired) electrons. The Morgan fingerprint density at radius 1 is 1.27 bits per heavy atom. The summed E-state index contributed by atoms with van der Waals surface area (Å²) in [7, 11) is 0. The first-order valence-electron chi connectivity index (χ1n) is 8.05. The van der Waals surface area contributed by atoms with E-state index in [-0.39, 0.29) is 11.6 Å². The third-order valence-electron chi connectivity index (χ3n) is 3.79. The standard InChI is InChI=1S/C17H17FN4O4/c1-9(15(23)21-17(25)20-12-6-7-12)26-16(24)13-8-19-22-14(13)10-2-4-11(18)5-3-10/h2-5,8-9,12H,6-7H2,1H3,(H,19,22)(H2,20,21,23,25)/t9-/m0/s1. The molecule has 0 spiro atoms. The SMILES string of the molecule is C[C@H](OC(=O)c1cn[nH]c1-c1ccc(F)cc1)C(=O)NC(=O)NC1CC1. The van der Waals surface area contributed by atoms with Crippen molar-refractivity contribution in [2.75, 3.05) is 0 Å². The fraction of sp³-hybridized carbons (Fsp3) is 0.294. The van der Waals surface area contributed by atoms with Crippen LogP contribution in [0.15, 0.2) is 30.5 Å². The van der Waals surface area contributed by atoms with Crippen LogP contribution in [0.1, 0.15) is 30.1 Å². The molecule has 0 saturated heterocycles. The van der Waals surface area contributed by atoms with E-state index in [2.05, 4.69) is 20.8 Å². The van der Waals surface area contributed by atoms with Crippen LogP contribution in [0.2, 0.25) is 0 Å². The van der Waals surface area contributed by atoms with Crippen molar-refractivity contribution in [3.8, 4) is 11.3 Å². The van der Waals surface area contributed by atoms with Crippen molar-refractivity contribution in [2.24, 2.45) is 0 Å². The van der Waals surface area contributed by atoms with E-state index in [0.717, 1.165) is 12.8 Å². The first-order valence-corrected chi connectivity index (χ1v) is 8.05. The van der Waals surface area contributed by atoms with Gasteiger partial charge in [0, 0.05) is 11.6 Å². The second-order valence-electron chi connectivity index (χ2n) is 5.95. The number of nitrogens with zero attached hydrogens (tertiary/aromatic N) is 1. The molecule has 1 saturated carbocycles. The lowest BCUT2D eigenvalue weighted by molar-refractivity contribution is -0.127. The number of aromatic nitrogens is 2. The van der Waals surface area contributed by atoms with E-state index in [1.165, 1.54) is 37.4 Å². The third kappa shape index (κ3) is 4.24. The number of carbonyl (C=O) groups excluding carboxylic acids is 3. The molecule has 1 atom stereocenters. The van der Waals surface area contributed by atoms with Crippen LogP contribution in [0.5, 0.6) is 0 Å². The number of imide groups is 1. The van der Waals surface area contributed by atoms with Crippen LogP contribution in [0.3, 0.4) is 0 Å². The Bertz CT molecular complexity index is 830. The quantitative estimate of drug-likeness (QED) is 0.703. The minimum Gasteiger partial charge on any atom is -0.449 e.